The van der Waals surface area contributed by atoms with E-state index >= 15 is 0 Å². The van der Waals surface area contributed by atoms with Crippen LogP contribution in [0.1, 0.15) is 24.3 Å². The van der Waals surface area contributed by atoms with Gasteiger partial charge in [0.1, 0.15) is 11.5 Å². The van der Waals surface area contributed by atoms with E-state index in [-0.39, 0.29) is 0 Å². The second-order valence-electron chi connectivity index (χ2n) is 4.63. The van der Waals surface area contributed by atoms with Crippen LogP contribution < -0.4 is 10.1 Å². The highest BCUT2D eigenvalue weighted by atomic mass is 32.2. The summed E-state index contributed by atoms with van der Waals surface area (Å²) in [6, 6.07) is 12.5. The summed E-state index contributed by atoms with van der Waals surface area (Å²) in [5, 5.41) is 3.84. The molecule has 108 valence electrons. The van der Waals surface area contributed by atoms with Gasteiger partial charge in [0.25, 0.3) is 0 Å². The summed E-state index contributed by atoms with van der Waals surface area (Å²) in [5.41, 5.74) is 1.27. The summed E-state index contributed by atoms with van der Waals surface area (Å²) >= 11 is 1.88. The van der Waals surface area contributed by atoms with E-state index in [9.17, 15) is 0 Å². The van der Waals surface area contributed by atoms with Gasteiger partial charge in [-0.15, -0.1) is 11.8 Å². The first kappa shape index (κ1) is 15.0. The number of hydrogen-bond donors (Lipinski definition) is 1. The van der Waals surface area contributed by atoms with Gasteiger partial charge in [-0.25, -0.2) is 0 Å². The Kier molecular flexibility index (Phi) is 5.56. The molecule has 0 saturated heterocycles. The van der Waals surface area contributed by atoms with E-state index in [0.29, 0.717) is 11.3 Å². The zero-order chi connectivity index (χ0) is 14.4. The molecule has 0 fully saturated rings. The maximum atomic E-state index is 5.38. The Morgan fingerprint density at radius 3 is 2.55 bits per heavy atom. The van der Waals surface area contributed by atoms with Gasteiger partial charge in [-0.05, 0) is 36.9 Å². The lowest BCUT2D eigenvalue weighted by Crippen LogP contribution is -2.25. The van der Waals surface area contributed by atoms with Crippen LogP contribution in [0, 0.1) is 0 Å². The van der Waals surface area contributed by atoms with Crippen molar-refractivity contribution >= 4 is 11.8 Å². The SMILES string of the molecule is CNC(c1ccc(OC)cc1)C(C)SCc1ccco1. The molecule has 2 aromatic rings. The predicted octanol–water partition coefficient (Wildman–Crippen LogP) is 3.87. The minimum absolute atomic E-state index is 0.306. The van der Waals surface area contributed by atoms with Gasteiger partial charge < -0.3 is 14.5 Å². The highest BCUT2D eigenvalue weighted by Gasteiger charge is 2.18. The lowest BCUT2D eigenvalue weighted by molar-refractivity contribution is 0.414. The maximum Gasteiger partial charge on any atom is 0.118 e. The summed E-state index contributed by atoms with van der Waals surface area (Å²) in [6.45, 7) is 2.24. The van der Waals surface area contributed by atoms with Crippen molar-refractivity contribution in [3.63, 3.8) is 0 Å². The molecule has 2 atom stereocenters. The van der Waals surface area contributed by atoms with Gasteiger partial charge in [0.2, 0.25) is 0 Å². The molecule has 0 saturated carbocycles. The first-order valence-electron chi connectivity index (χ1n) is 6.69. The number of ether oxygens (including phenoxy) is 1. The average Bonchev–Trinajstić information content (AvgIpc) is 3.00. The number of thioether (sulfide) groups is 1. The third kappa shape index (κ3) is 3.81. The molecule has 4 heteroatoms. The summed E-state index contributed by atoms with van der Waals surface area (Å²) in [5.74, 6) is 2.80. The largest absolute Gasteiger partial charge is 0.497 e. The van der Waals surface area contributed by atoms with Crippen molar-refractivity contribution in [1.82, 2.24) is 5.32 Å². The van der Waals surface area contributed by atoms with Crippen LogP contribution in [-0.2, 0) is 5.75 Å². The number of benzene rings is 1. The number of methoxy groups -OCH3 is 1. The first-order valence-corrected chi connectivity index (χ1v) is 7.74. The van der Waals surface area contributed by atoms with E-state index in [1.54, 1.807) is 13.4 Å². The summed E-state index contributed by atoms with van der Waals surface area (Å²) in [4.78, 5) is 0. The molecular weight excluding hydrogens is 270 g/mol. The molecule has 0 aliphatic carbocycles. The van der Waals surface area contributed by atoms with Crippen molar-refractivity contribution < 1.29 is 9.15 Å². The van der Waals surface area contributed by atoms with Gasteiger partial charge >= 0.3 is 0 Å². The fraction of sp³-hybridized carbons (Fsp3) is 0.375. The Labute approximate surface area is 124 Å². The molecule has 2 rings (SSSR count). The lowest BCUT2D eigenvalue weighted by atomic mass is 10.0. The van der Waals surface area contributed by atoms with Crippen LogP contribution in [0.5, 0.6) is 5.75 Å². The van der Waals surface area contributed by atoms with Gasteiger partial charge in [-0.2, -0.15) is 0 Å². The summed E-state index contributed by atoms with van der Waals surface area (Å²) < 4.78 is 10.6. The topological polar surface area (TPSA) is 34.4 Å². The number of furan rings is 1. The quantitative estimate of drug-likeness (QED) is 0.839. The molecule has 20 heavy (non-hydrogen) atoms. The molecule has 1 N–H and O–H groups in total. The number of nitrogens with one attached hydrogen (secondary N) is 1. The van der Waals surface area contributed by atoms with Crippen molar-refractivity contribution in [3.8, 4) is 5.75 Å². The van der Waals surface area contributed by atoms with E-state index < -0.39 is 0 Å². The molecular formula is C16H21NO2S. The highest BCUT2D eigenvalue weighted by molar-refractivity contribution is 7.99. The smallest absolute Gasteiger partial charge is 0.118 e. The average molecular weight is 291 g/mol. The minimum atomic E-state index is 0.306. The van der Waals surface area contributed by atoms with Gasteiger partial charge in [0, 0.05) is 11.3 Å². The van der Waals surface area contributed by atoms with Gasteiger partial charge in [-0.1, -0.05) is 19.1 Å². The zero-order valence-electron chi connectivity index (χ0n) is 12.1. The van der Waals surface area contributed by atoms with Crippen molar-refractivity contribution in [2.75, 3.05) is 14.2 Å². The highest BCUT2D eigenvalue weighted by Crippen LogP contribution is 2.29. The summed E-state index contributed by atoms with van der Waals surface area (Å²) in [7, 11) is 3.69. The molecule has 2 unspecified atom stereocenters. The van der Waals surface area contributed by atoms with Crippen LogP contribution in [0.15, 0.2) is 47.1 Å². The fourth-order valence-corrected chi connectivity index (χ4v) is 3.27. The van der Waals surface area contributed by atoms with E-state index in [1.165, 1.54) is 5.56 Å². The Bertz CT molecular complexity index is 496. The molecule has 3 nitrogen and oxygen atoms in total. The van der Waals surface area contributed by atoms with Crippen molar-refractivity contribution in [2.45, 2.75) is 24.0 Å². The van der Waals surface area contributed by atoms with E-state index in [0.717, 1.165) is 17.3 Å². The standard InChI is InChI=1S/C16H21NO2S/c1-12(20-11-15-5-4-10-19-15)16(17-2)13-6-8-14(18-3)9-7-13/h4-10,12,16-17H,11H2,1-3H3. The normalized spacial score (nSPS) is 13.9. The van der Waals surface area contributed by atoms with Crippen LogP contribution >= 0.6 is 11.8 Å². The fourth-order valence-electron chi connectivity index (χ4n) is 2.19. The molecule has 0 bridgehead atoms. The van der Waals surface area contributed by atoms with Crippen LogP contribution in [0.2, 0.25) is 0 Å². The number of hydrogen-bond acceptors (Lipinski definition) is 4. The van der Waals surface area contributed by atoms with Crippen molar-refractivity contribution in [3.05, 3.63) is 54.0 Å². The molecule has 0 aliphatic rings. The number of rotatable bonds is 7. The predicted molar refractivity (Wildman–Crippen MR) is 84.3 cm³/mol. The molecule has 0 spiro atoms. The van der Waals surface area contributed by atoms with E-state index in [4.69, 9.17) is 9.15 Å². The van der Waals surface area contributed by atoms with Crippen LogP contribution in [0.4, 0.5) is 0 Å². The van der Waals surface area contributed by atoms with Gasteiger partial charge in [-0.3, -0.25) is 0 Å². The van der Waals surface area contributed by atoms with Gasteiger partial charge in [0.05, 0.1) is 19.1 Å². The van der Waals surface area contributed by atoms with Gasteiger partial charge in [0.15, 0.2) is 0 Å². The Morgan fingerprint density at radius 1 is 1.25 bits per heavy atom. The van der Waals surface area contributed by atoms with E-state index in [2.05, 4.69) is 24.4 Å². The minimum Gasteiger partial charge on any atom is -0.497 e. The molecule has 0 amide bonds. The third-order valence-corrected chi connectivity index (χ3v) is 4.57. The monoisotopic (exact) mass is 291 g/mol. The third-order valence-electron chi connectivity index (χ3n) is 3.32. The second-order valence-corrected chi connectivity index (χ2v) is 6.00. The molecule has 1 heterocycles. The van der Waals surface area contributed by atoms with Crippen LogP contribution in [-0.4, -0.2) is 19.4 Å². The molecule has 0 aliphatic heterocycles. The van der Waals surface area contributed by atoms with Crippen LogP contribution in [0.3, 0.4) is 0 Å². The lowest BCUT2D eigenvalue weighted by Gasteiger charge is -2.23. The van der Waals surface area contributed by atoms with Crippen molar-refractivity contribution in [2.24, 2.45) is 0 Å². The molecule has 1 aromatic carbocycles. The zero-order valence-corrected chi connectivity index (χ0v) is 12.9. The summed E-state index contributed by atoms with van der Waals surface area (Å²) in [6.07, 6.45) is 1.72. The van der Waals surface area contributed by atoms with Crippen LogP contribution in [0.25, 0.3) is 0 Å². The van der Waals surface area contributed by atoms with E-state index in [1.807, 2.05) is 43.1 Å². The Morgan fingerprint density at radius 2 is 2.00 bits per heavy atom. The second kappa shape index (κ2) is 7.41. The van der Waals surface area contributed by atoms with Crippen molar-refractivity contribution in [1.29, 1.82) is 0 Å². The Balaban J connectivity index is 1.98. The Hall–Kier alpha value is -1.39. The molecule has 0 radical (unpaired) electrons. The first-order chi connectivity index (χ1) is 9.74. The maximum absolute atomic E-state index is 5.38. The molecule has 1 aromatic heterocycles.